The van der Waals surface area contributed by atoms with Gasteiger partial charge in [0.2, 0.25) is 0 Å². The lowest BCUT2D eigenvalue weighted by atomic mass is 9.76. The predicted octanol–water partition coefficient (Wildman–Crippen LogP) is 1.59. The van der Waals surface area contributed by atoms with Crippen LogP contribution in [0.25, 0.3) is 0 Å². The molecule has 25 heavy (non-hydrogen) atoms. The number of aromatic amines is 1. The summed E-state index contributed by atoms with van der Waals surface area (Å²) in [7, 11) is 0. The quantitative estimate of drug-likeness (QED) is 0.640. The van der Waals surface area contributed by atoms with Crippen molar-refractivity contribution in [3.8, 4) is 0 Å². The number of fused-ring (bicyclic) bond motifs is 2. The van der Waals surface area contributed by atoms with Gasteiger partial charge in [-0.1, -0.05) is 5.21 Å². The number of nitrogens with zero attached hydrogens (tertiary/aromatic N) is 3. The summed E-state index contributed by atoms with van der Waals surface area (Å²) in [4.78, 5) is 14.6. The Morgan fingerprint density at radius 3 is 2.88 bits per heavy atom. The van der Waals surface area contributed by atoms with E-state index in [1.54, 1.807) is 11.3 Å². The Hall–Kier alpha value is -2.10. The lowest BCUT2D eigenvalue weighted by molar-refractivity contribution is 0.100. The Bertz CT molecular complexity index is 913. The van der Waals surface area contributed by atoms with E-state index in [4.69, 9.17) is 11.5 Å². The van der Waals surface area contributed by atoms with Crippen molar-refractivity contribution in [1.82, 2.24) is 20.6 Å². The first-order valence-electron chi connectivity index (χ1n) is 8.01. The number of nitrogens with two attached hydrogens (primary N) is 2. The van der Waals surface area contributed by atoms with Crippen LogP contribution in [-0.2, 0) is 18.3 Å². The molecule has 1 amide bonds. The Labute approximate surface area is 152 Å². The van der Waals surface area contributed by atoms with E-state index >= 15 is 0 Å². The molecule has 1 unspecified atom stereocenters. The molecule has 0 saturated heterocycles. The summed E-state index contributed by atoms with van der Waals surface area (Å²) in [5.74, 6) is 0.182. The first-order valence-corrected chi connectivity index (χ1v) is 9.71. The number of aryl methyl sites for hydroxylation is 2. The number of nitrogens with one attached hydrogen (secondary N) is 1. The lowest BCUT2D eigenvalue weighted by Gasteiger charge is -2.31. The van der Waals surface area contributed by atoms with Gasteiger partial charge in [0.15, 0.2) is 5.82 Å². The van der Waals surface area contributed by atoms with E-state index < -0.39 is 11.3 Å². The van der Waals surface area contributed by atoms with Crippen LogP contribution in [0.15, 0.2) is 17.5 Å². The highest BCUT2D eigenvalue weighted by Gasteiger charge is 2.47. The minimum atomic E-state index is -0.602. The highest BCUT2D eigenvalue weighted by Crippen LogP contribution is 2.51. The summed E-state index contributed by atoms with van der Waals surface area (Å²) >= 11 is 3.11. The summed E-state index contributed by atoms with van der Waals surface area (Å²) in [6.07, 6.45) is 2.38. The molecule has 0 aliphatic heterocycles. The molecule has 0 aromatic carbocycles. The third-order valence-electron chi connectivity index (χ3n) is 4.59. The van der Waals surface area contributed by atoms with Gasteiger partial charge in [0.25, 0.3) is 5.91 Å². The van der Waals surface area contributed by atoms with E-state index in [1.807, 2.05) is 13.0 Å². The summed E-state index contributed by atoms with van der Waals surface area (Å²) in [6, 6.07) is 3.98. The van der Waals surface area contributed by atoms with Crippen molar-refractivity contribution in [2.45, 2.75) is 37.6 Å². The van der Waals surface area contributed by atoms with Crippen LogP contribution in [-0.4, -0.2) is 32.6 Å². The van der Waals surface area contributed by atoms with Crippen molar-refractivity contribution in [2.24, 2.45) is 11.5 Å². The molecule has 1 aliphatic rings. The van der Waals surface area contributed by atoms with Gasteiger partial charge < -0.3 is 11.5 Å². The zero-order chi connectivity index (χ0) is 17.6. The van der Waals surface area contributed by atoms with Gasteiger partial charge in [-0.2, -0.15) is 5.21 Å². The number of carbonyl (C=O) groups is 1. The first-order chi connectivity index (χ1) is 12.0. The monoisotopic (exact) mass is 374 g/mol. The van der Waals surface area contributed by atoms with Gasteiger partial charge in [-0.3, -0.25) is 4.79 Å². The molecule has 3 aromatic rings. The molecule has 5 N–H and O–H groups in total. The second kappa shape index (κ2) is 6.01. The average molecular weight is 374 g/mol. The molecule has 0 spiro atoms. The largest absolute Gasteiger partial charge is 0.365 e. The number of rotatable bonds is 4. The van der Waals surface area contributed by atoms with E-state index in [-0.39, 0.29) is 6.04 Å². The molecule has 7 nitrogen and oxygen atoms in total. The van der Waals surface area contributed by atoms with Crippen molar-refractivity contribution in [3.05, 3.63) is 49.1 Å². The smallest absolute Gasteiger partial charge is 0.258 e. The van der Waals surface area contributed by atoms with Crippen LogP contribution in [0.1, 0.15) is 49.7 Å². The van der Waals surface area contributed by atoms with Crippen LogP contribution < -0.4 is 11.5 Å². The summed E-state index contributed by atoms with van der Waals surface area (Å²) in [5, 5.41) is 17.1. The number of hydrogen-bond donors (Lipinski definition) is 3. The number of amides is 1. The fourth-order valence-corrected chi connectivity index (χ4v) is 6.18. The minimum Gasteiger partial charge on any atom is -0.365 e. The van der Waals surface area contributed by atoms with Gasteiger partial charge in [0.05, 0.1) is 4.88 Å². The fraction of sp³-hybridized carbons (Fsp3) is 0.375. The number of H-pyrrole nitrogens is 1. The van der Waals surface area contributed by atoms with Gasteiger partial charge in [-0.05, 0) is 54.8 Å². The number of carbonyl (C=O) groups excluding carboxylic acids is 1. The van der Waals surface area contributed by atoms with E-state index in [0.717, 1.165) is 23.3 Å². The number of aromatic nitrogens is 4. The van der Waals surface area contributed by atoms with Crippen LogP contribution in [0.2, 0.25) is 0 Å². The van der Waals surface area contributed by atoms with Gasteiger partial charge in [-0.15, -0.1) is 32.9 Å². The maximum absolute atomic E-state index is 11.8. The highest BCUT2D eigenvalue weighted by molar-refractivity contribution is 7.15. The van der Waals surface area contributed by atoms with Crippen molar-refractivity contribution in [2.75, 3.05) is 0 Å². The summed E-state index contributed by atoms with van der Waals surface area (Å²) in [6.45, 7) is 1.97. The van der Waals surface area contributed by atoms with E-state index in [1.165, 1.54) is 21.8 Å². The second-order valence-corrected chi connectivity index (χ2v) is 8.39. The van der Waals surface area contributed by atoms with Crippen molar-refractivity contribution < 1.29 is 4.79 Å². The third-order valence-corrected chi connectivity index (χ3v) is 7.06. The number of thiophene rings is 2. The van der Waals surface area contributed by atoms with Gasteiger partial charge in [0.1, 0.15) is 5.41 Å². The maximum Gasteiger partial charge on any atom is 0.258 e. The zero-order valence-electron chi connectivity index (χ0n) is 13.7. The van der Waals surface area contributed by atoms with E-state index in [0.29, 0.717) is 17.1 Å². The van der Waals surface area contributed by atoms with Crippen LogP contribution in [0.4, 0.5) is 0 Å². The Kier molecular flexibility index (Phi) is 3.94. The normalized spacial score (nSPS) is 20.6. The number of tetrazole rings is 1. The van der Waals surface area contributed by atoms with Crippen LogP contribution in [0.5, 0.6) is 0 Å². The maximum atomic E-state index is 11.8. The minimum absolute atomic E-state index is 0.0847. The Morgan fingerprint density at radius 2 is 2.20 bits per heavy atom. The van der Waals surface area contributed by atoms with Gasteiger partial charge in [-0.25, -0.2) is 0 Å². The Morgan fingerprint density at radius 1 is 1.40 bits per heavy atom. The third kappa shape index (κ3) is 2.50. The zero-order valence-corrected chi connectivity index (χ0v) is 15.3. The molecule has 4 rings (SSSR count). The molecular weight excluding hydrogens is 356 g/mol. The van der Waals surface area contributed by atoms with Crippen molar-refractivity contribution >= 4 is 28.6 Å². The number of hydrogen-bond acceptors (Lipinski definition) is 7. The molecule has 1 aliphatic carbocycles. The molecule has 3 heterocycles. The summed E-state index contributed by atoms with van der Waals surface area (Å²) < 4.78 is 0. The molecular formula is C16H18N6OS2. The SMILES string of the molecule is C[C@@H](N)CC1(c2nn[nH]n2)c2sccc2CCc2cc(C(N)=O)sc21. The van der Waals surface area contributed by atoms with Crippen LogP contribution in [0, 0.1) is 0 Å². The first kappa shape index (κ1) is 16.4. The summed E-state index contributed by atoms with van der Waals surface area (Å²) in [5.41, 5.74) is 13.6. The molecule has 3 aromatic heterocycles. The molecule has 130 valence electrons. The van der Waals surface area contributed by atoms with Crippen molar-refractivity contribution in [1.29, 1.82) is 0 Å². The van der Waals surface area contributed by atoms with Crippen molar-refractivity contribution in [3.63, 3.8) is 0 Å². The Balaban J connectivity index is 2.06. The van der Waals surface area contributed by atoms with Gasteiger partial charge in [0, 0.05) is 15.8 Å². The molecule has 2 atom stereocenters. The number of primary amides is 1. The molecule has 0 bridgehead atoms. The molecule has 0 saturated carbocycles. The standard InChI is InChI=1S/C16H18N6OS2/c1-8(17)7-16(15-19-21-22-20-15)12-9(4-5-24-12)2-3-10-6-11(14(18)23)25-13(10)16/h4-6,8H,2-3,7,17H2,1H3,(H2,18,23)(H,19,20,21,22)/t8-,16?/m1/s1. The molecule has 0 radical (unpaired) electrons. The average Bonchev–Trinajstić information content (AvgIpc) is 3.29. The van der Waals surface area contributed by atoms with E-state index in [9.17, 15) is 4.79 Å². The fourth-order valence-electron chi connectivity index (χ4n) is 3.68. The van der Waals surface area contributed by atoms with Crippen LogP contribution in [0.3, 0.4) is 0 Å². The molecule has 0 fully saturated rings. The van der Waals surface area contributed by atoms with Gasteiger partial charge >= 0.3 is 0 Å². The molecule has 9 heteroatoms. The second-order valence-electron chi connectivity index (χ2n) is 6.43. The van der Waals surface area contributed by atoms with Crippen LogP contribution >= 0.6 is 22.7 Å². The highest BCUT2D eigenvalue weighted by atomic mass is 32.1. The van der Waals surface area contributed by atoms with E-state index in [2.05, 4.69) is 32.1 Å². The predicted molar refractivity (Wildman–Crippen MR) is 96.9 cm³/mol. The topological polar surface area (TPSA) is 124 Å². The lowest BCUT2D eigenvalue weighted by Crippen LogP contribution is -2.36.